The second kappa shape index (κ2) is 4.01. The summed E-state index contributed by atoms with van der Waals surface area (Å²) in [5, 5.41) is 16.6. The second-order valence-electron chi connectivity index (χ2n) is 2.47. The number of hydrogen-bond acceptors (Lipinski definition) is 3. The molecule has 0 saturated carbocycles. The number of rotatable bonds is 4. The van der Waals surface area contributed by atoms with Crippen molar-refractivity contribution in [3.8, 4) is 0 Å². The molecule has 0 aliphatic carbocycles. The molecule has 4 nitrogen and oxygen atoms in total. The minimum absolute atomic E-state index is 0.0414. The Bertz CT molecular complexity index is 267. The van der Waals surface area contributed by atoms with Crippen LogP contribution in [0.2, 0.25) is 0 Å². The first-order chi connectivity index (χ1) is 5.83. The van der Waals surface area contributed by atoms with Crippen LogP contribution in [0, 0.1) is 0 Å². The van der Waals surface area contributed by atoms with Crippen LogP contribution in [0.3, 0.4) is 0 Å². The summed E-state index contributed by atoms with van der Waals surface area (Å²) in [4.78, 5) is 0. The molecule has 0 saturated heterocycles. The summed E-state index contributed by atoms with van der Waals surface area (Å²) >= 11 is 0. The predicted octanol–water partition coefficient (Wildman–Crippen LogP) is 0.519. The summed E-state index contributed by atoms with van der Waals surface area (Å²) in [7, 11) is 0. The van der Waals surface area contributed by atoms with Gasteiger partial charge < -0.3 is 5.11 Å². The smallest absolute Gasteiger partial charge is 0.111 e. The summed E-state index contributed by atoms with van der Waals surface area (Å²) in [6, 6.07) is 0. The first kappa shape index (κ1) is 8.93. The van der Waals surface area contributed by atoms with E-state index in [9.17, 15) is 0 Å². The third-order valence-electron chi connectivity index (χ3n) is 1.70. The molecule has 0 atom stereocenters. The minimum atomic E-state index is -0.0414. The van der Waals surface area contributed by atoms with Gasteiger partial charge in [0.15, 0.2) is 0 Å². The Balaban J connectivity index is 2.95. The molecule has 0 bridgehead atoms. The van der Waals surface area contributed by atoms with E-state index in [2.05, 4.69) is 16.9 Å². The van der Waals surface area contributed by atoms with Crippen molar-refractivity contribution in [2.24, 2.45) is 0 Å². The lowest BCUT2D eigenvalue weighted by Gasteiger charge is -2.00. The fourth-order valence-electron chi connectivity index (χ4n) is 1.15. The molecular weight excluding hydrogens is 154 g/mol. The zero-order valence-electron chi connectivity index (χ0n) is 7.19. The standard InChI is InChI=1S/C8H13N3O/c1-3-5-11-8(4-2)7(6-12)9-10-11/h3,12H,1,4-6H2,2H3. The van der Waals surface area contributed by atoms with Gasteiger partial charge >= 0.3 is 0 Å². The van der Waals surface area contributed by atoms with Gasteiger partial charge in [0, 0.05) is 0 Å². The third-order valence-corrected chi connectivity index (χ3v) is 1.70. The van der Waals surface area contributed by atoms with Crippen molar-refractivity contribution in [2.75, 3.05) is 0 Å². The molecule has 0 amide bonds. The molecule has 1 N–H and O–H groups in total. The largest absolute Gasteiger partial charge is 0.390 e. The molecule has 66 valence electrons. The summed E-state index contributed by atoms with van der Waals surface area (Å²) in [6.07, 6.45) is 2.59. The zero-order chi connectivity index (χ0) is 8.97. The van der Waals surface area contributed by atoms with Crippen LogP contribution in [0.5, 0.6) is 0 Å². The van der Waals surface area contributed by atoms with Crippen LogP contribution in [-0.2, 0) is 19.6 Å². The van der Waals surface area contributed by atoms with E-state index in [0.717, 1.165) is 12.1 Å². The van der Waals surface area contributed by atoms with E-state index in [4.69, 9.17) is 5.11 Å². The number of aliphatic hydroxyl groups is 1. The molecule has 1 aromatic heterocycles. The average Bonchev–Trinajstić information content (AvgIpc) is 2.47. The Morgan fingerprint density at radius 3 is 2.92 bits per heavy atom. The minimum Gasteiger partial charge on any atom is -0.390 e. The van der Waals surface area contributed by atoms with E-state index in [1.54, 1.807) is 10.8 Å². The van der Waals surface area contributed by atoms with Crippen LogP contribution in [0.15, 0.2) is 12.7 Å². The van der Waals surface area contributed by atoms with Gasteiger partial charge in [0.05, 0.1) is 18.8 Å². The molecule has 1 rings (SSSR count). The fraction of sp³-hybridized carbons (Fsp3) is 0.500. The van der Waals surface area contributed by atoms with Gasteiger partial charge in [-0.3, -0.25) is 0 Å². The van der Waals surface area contributed by atoms with Gasteiger partial charge in [0.2, 0.25) is 0 Å². The quantitative estimate of drug-likeness (QED) is 0.665. The molecule has 0 fully saturated rings. The fourth-order valence-corrected chi connectivity index (χ4v) is 1.15. The third kappa shape index (κ3) is 1.53. The molecule has 1 heterocycles. The van der Waals surface area contributed by atoms with Gasteiger partial charge in [-0.15, -0.1) is 11.7 Å². The summed E-state index contributed by atoms with van der Waals surface area (Å²) in [5.41, 5.74) is 1.65. The van der Waals surface area contributed by atoms with Crippen LogP contribution in [0.1, 0.15) is 18.3 Å². The Morgan fingerprint density at radius 1 is 1.67 bits per heavy atom. The first-order valence-electron chi connectivity index (χ1n) is 3.96. The van der Waals surface area contributed by atoms with Crippen LogP contribution < -0.4 is 0 Å². The molecule has 0 radical (unpaired) electrons. The molecule has 0 aliphatic rings. The second-order valence-corrected chi connectivity index (χ2v) is 2.47. The Labute approximate surface area is 71.5 Å². The number of nitrogens with zero attached hydrogens (tertiary/aromatic N) is 3. The maximum Gasteiger partial charge on any atom is 0.111 e. The first-order valence-corrected chi connectivity index (χ1v) is 3.96. The normalized spacial score (nSPS) is 10.2. The Kier molecular flexibility index (Phi) is 2.99. The molecule has 0 spiro atoms. The van der Waals surface area contributed by atoms with E-state index >= 15 is 0 Å². The van der Waals surface area contributed by atoms with Crippen molar-refractivity contribution >= 4 is 0 Å². The van der Waals surface area contributed by atoms with E-state index in [1.807, 2.05) is 6.92 Å². The van der Waals surface area contributed by atoms with Gasteiger partial charge in [0.25, 0.3) is 0 Å². The Hall–Kier alpha value is -1.16. The van der Waals surface area contributed by atoms with E-state index in [0.29, 0.717) is 12.2 Å². The van der Waals surface area contributed by atoms with E-state index in [1.165, 1.54) is 0 Å². The predicted molar refractivity (Wildman–Crippen MR) is 45.5 cm³/mol. The summed E-state index contributed by atoms with van der Waals surface area (Å²) in [6.45, 7) is 6.23. The van der Waals surface area contributed by atoms with Crippen LogP contribution in [0.25, 0.3) is 0 Å². The SMILES string of the molecule is C=CCn1nnc(CO)c1CC. The summed E-state index contributed by atoms with van der Waals surface area (Å²) in [5.74, 6) is 0. The van der Waals surface area contributed by atoms with Gasteiger partial charge in [-0.05, 0) is 6.42 Å². The van der Waals surface area contributed by atoms with Crippen molar-refractivity contribution in [2.45, 2.75) is 26.5 Å². The number of aromatic nitrogens is 3. The van der Waals surface area contributed by atoms with Gasteiger partial charge in [-0.25, -0.2) is 4.68 Å². The molecule has 12 heavy (non-hydrogen) atoms. The topological polar surface area (TPSA) is 50.9 Å². The van der Waals surface area contributed by atoms with Crippen molar-refractivity contribution in [1.82, 2.24) is 15.0 Å². The molecule has 1 aromatic rings. The highest BCUT2D eigenvalue weighted by molar-refractivity contribution is 5.09. The highest BCUT2D eigenvalue weighted by Gasteiger charge is 2.07. The monoisotopic (exact) mass is 167 g/mol. The molecule has 0 aromatic carbocycles. The van der Waals surface area contributed by atoms with Crippen LogP contribution in [0.4, 0.5) is 0 Å². The van der Waals surface area contributed by atoms with Crippen molar-refractivity contribution < 1.29 is 5.11 Å². The van der Waals surface area contributed by atoms with Gasteiger partial charge in [0.1, 0.15) is 5.69 Å². The lowest BCUT2D eigenvalue weighted by atomic mass is 10.2. The van der Waals surface area contributed by atoms with Crippen LogP contribution >= 0.6 is 0 Å². The van der Waals surface area contributed by atoms with E-state index < -0.39 is 0 Å². The average molecular weight is 167 g/mol. The zero-order valence-corrected chi connectivity index (χ0v) is 7.19. The van der Waals surface area contributed by atoms with Crippen LogP contribution in [-0.4, -0.2) is 20.1 Å². The highest BCUT2D eigenvalue weighted by Crippen LogP contribution is 2.05. The lowest BCUT2D eigenvalue weighted by Crippen LogP contribution is -2.03. The number of allylic oxidation sites excluding steroid dienone is 1. The highest BCUT2D eigenvalue weighted by atomic mass is 16.3. The van der Waals surface area contributed by atoms with Gasteiger partial charge in [-0.2, -0.15) is 0 Å². The lowest BCUT2D eigenvalue weighted by molar-refractivity contribution is 0.275. The molecule has 0 unspecified atom stereocenters. The molecule has 4 heteroatoms. The molecule has 0 aliphatic heterocycles. The van der Waals surface area contributed by atoms with Crippen molar-refractivity contribution in [3.63, 3.8) is 0 Å². The van der Waals surface area contributed by atoms with Gasteiger partial charge in [-0.1, -0.05) is 18.2 Å². The number of hydrogen-bond donors (Lipinski definition) is 1. The number of aliphatic hydroxyl groups excluding tert-OH is 1. The van der Waals surface area contributed by atoms with Crippen molar-refractivity contribution in [1.29, 1.82) is 0 Å². The maximum atomic E-state index is 8.89. The van der Waals surface area contributed by atoms with E-state index in [-0.39, 0.29) is 6.61 Å². The van der Waals surface area contributed by atoms with Crippen molar-refractivity contribution in [3.05, 3.63) is 24.0 Å². The summed E-state index contributed by atoms with van der Waals surface area (Å²) < 4.78 is 1.75. The molecular formula is C8H13N3O. The Morgan fingerprint density at radius 2 is 2.42 bits per heavy atom. The maximum absolute atomic E-state index is 8.89.